The predicted octanol–water partition coefficient (Wildman–Crippen LogP) is 1.80. The number of rotatable bonds is 5. The van der Waals surface area contributed by atoms with Gasteiger partial charge in [0.15, 0.2) is 0 Å². The Morgan fingerprint density at radius 2 is 1.94 bits per heavy atom. The molecule has 96 valence electrons. The van der Waals surface area contributed by atoms with E-state index >= 15 is 0 Å². The number of hydrogen-bond donors (Lipinski definition) is 1. The van der Waals surface area contributed by atoms with Crippen molar-refractivity contribution in [3.63, 3.8) is 0 Å². The summed E-state index contributed by atoms with van der Waals surface area (Å²) in [6.45, 7) is 3.76. The van der Waals surface area contributed by atoms with Crippen molar-refractivity contribution in [2.24, 2.45) is 0 Å². The summed E-state index contributed by atoms with van der Waals surface area (Å²) in [5.41, 5.74) is 6.86. The summed E-state index contributed by atoms with van der Waals surface area (Å²) >= 11 is 0. The van der Waals surface area contributed by atoms with Crippen molar-refractivity contribution in [3.05, 3.63) is 29.8 Å². The number of ether oxygens (including phenoxy) is 1. The van der Waals surface area contributed by atoms with Crippen molar-refractivity contribution in [2.45, 2.75) is 6.92 Å². The third-order valence-electron chi connectivity index (χ3n) is 2.28. The van der Waals surface area contributed by atoms with E-state index in [9.17, 15) is 4.79 Å². The highest BCUT2D eigenvalue weighted by atomic mass is 35.5. The van der Waals surface area contributed by atoms with E-state index in [1.807, 2.05) is 6.92 Å². The summed E-state index contributed by atoms with van der Waals surface area (Å²) in [5, 5.41) is 0. The van der Waals surface area contributed by atoms with Gasteiger partial charge < -0.3 is 15.4 Å². The van der Waals surface area contributed by atoms with Gasteiger partial charge in [0.1, 0.15) is 0 Å². The van der Waals surface area contributed by atoms with Gasteiger partial charge in [-0.3, -0.25) is 4.79 Å². The zero-order chi connectivity index (χ0) is 12.0. The van der Waals surface area contributed by atoms with Crippen molar-refractivity contribution in [2.75, 3.05) is 32.5 Å². The van der Waals surface area contributed by atoms with Crippen LogP contribution in [-0.2, 0) is 4.74 Å². The second-order valence-corrected chi connectivity index (χ2v) is 3.55. The molecule has 1 amide bonds. The molecule has 0 aliphatic heterocycles. The second kappa shape index (κ2) is 7.92. The topological polar surface area (TPSA) is 55.6 Å². The lowest BCUT2D eigenvalue weighted by Crippen LogP contribution is -2.30. The van der Waals surface area contributed by atoms with Crippen molar-refractivity contribution in [3.8, 4) is 0 Å². The Kier molecular flexibility index (Phi) is 7.34. The van der Waals surface area contributed by atoms with E-state index in [1.54, 1.807) is 36.2 Å². The molecule has 0 radical (unpaired) electrons. The van der Waals surface area contributed by atoms with Gasteiger partial charge in [0, 0.05) is 31.5 Å². The molecule has 1 rings (SSSR count). The number of hydrogen-bond acceptors (Lipinski definition) is 3. The average Bonchev–Trinajstić information content (AvgIpc) is 2.29. The van der Waals surface area contributed by atoms with Crippen LogP contribution in [0.4, 0.5) is 5.69 Å². The van der Waals surface area contributed by atoms with Gasteiger partial charge in [-0.05, 0) is 31.2 Å². The smallest absolute Gasteiger partial charge is 0.253 e. The minimum atomic E-state index is -0.0142. The lowest BCUT2D eigenvalue weighted by Gasteiger charge is -2.16. The predicted molar refractivity (Wildman–Crippen MR) is 71.6 cm³/mol. The second-order valence-electron chi connectivity index (χ2n) is 3.55. The fraction of sp³-hybridized carbons (Fsp3) is 0.417. The largest absolute Gasteiger partial charge is 0.399 e. The quantitative estimate of drug-likeness (QED) is 0.647. The van der Waals surface area contributed by atoms with Crippen LogP contribution < -0.4 is 5.73 Å². The van der Waals surface area contributed by atoms with Crippen molar-refractivity contribution >= 4 is 24.0 Å². The van der Waals surface area contributed by atoms with E-state index in [2.05, 4.69) is 0 Å². The van der Waals surface area contributed by atoms with E-state index in [0.29, 0.717) is 31.0 Å². The molecule has 0 aliphatic rings. The molecule has 0 aromatic heterocycles. The van der Waals surface area contributed by atoms with Crippen LogP contribution >= 0.6 is 12.4 Å². The van der Waals surface area contributed by atoms with Gasteiger partial charge in [-0.15, -0.1) is 12.4 Å². The Balaban J connectivity index is 0.00000256. The maximum absolute atomic E-state index is 11.9. The molecule has 2 N–H and O–H groups in total. The number of anilines is 1. The SMILES string of the molecule is CCOCCN(C)C(=O)c1ccc(N)cc1.Cl. The summed E-state index contributed by atoms with van der Waals surface area (Å²) < 4.78 is 5.20. The van der Waals surface area contributed by atoms with Gasteiger partial charge in [-0.1, -0.05) is 0 Å². The number of nitrogens with two attached hydrogens (primary N) is 1. The van der Waals surface area contributed by atoms with Crippen LogP contribution in [-0.4, -0.2) is 37.6 Å². The standard InChI is InChI=1S/C12H18N2O2.ClH/c1-3-16-9-8-14(2)12(15)10-4-6-11(13)7-5-10;/h4-7H,3,8-9,13H2,1-2H3;1H. The third-order valence-corrected chi connectivity index (χ3v) is 2.28. The lowest BCUT2D eigenvalue weighted by molar-refractivity contribution is 0.0710. The summed E-state index contributed by atoms with van der Waals surface area (Å²) in [6, 6.07) is 6.91. The van der Waals surface area contributed by atoms with Crippen molar-refractivity contribution in [1.29, 1.82) is 0 Å². The zero-order valence-corrected chi connectivity index (χ0v) is 11.0. The van der Waals surface area contributed by atoms with Crippen LogP contribution in [0.15, 0.2) is 24.3 Å². The van der Waals surface area contributed by atoms with Gasteiger partial charge in [0.05, 0.1) is 6.61 Å². The van der Waals surface area contributed by atoms with Crippen LogP contribution in [0.25, 0.3) is 0 Å². The van der Waals surface area contributed by atoms with Crippen molar-refractivity contribution < 1.29 is 9.53 Å². The van der Waals surface area contributed by atoms with Gasteiger partial charge in [0.25, 0.3) is 5.91 Å². The van der Waals surface area contributed by atoms with Crippen LogP contribution in [0.1, 0.15) is 17.3 Å². The highest BCUT2D eigenvalue weighted by Gasteiger charge is 2.10. The Labute approximate surface area is 108 Å². The first-order valence-corrected chi connectivity index (χ1v) is 5.34. The van der Waals surface area contributed by atoms with Crippen LogP contribution in [0.3, 0.4) is 0 Å². The Bertz CT molecular complexity index is 341. The molecule has 0 aliphatic carbocycles. The minimum absolute atomic E-state index is 0. The fourth-order valence-corrected chi connectivity index (χ4v) is 1.29. The van der Waals surface area contributed by atoms with Crippen LogP contribution in [0.5, 0.6) is 0 Å². The minimum Gasteiger partial charge on any atom is -0.399 e. The molecule has 0 fully saturated rings. The normalized spacial score (nSPS) is 9.53. The molecule has 4 nitrogen and oxygen atoms in total. The Hall–Kier alpha value is -1.26. The Morgan fingerprint density at radius 3 is 2.47 bits per heavy atom. The first-order valence-electron chi connectivity index (χ1n) is 5.34. The summed E-state index contributed by atoms with van der Waals surface area (Å²) in [5.74, 6) is -0.0142. The van der Waals surface area contributed by atoms with Crippen LogP contribution in [0.2, 0.25) is 0 Å². The fourth-order valence-electron chi connectivity index (χ4n) is 1.29. The average molecular weight is 259 g/mol. The summed E-state index contributed by atoms with van der Waals surface area (Å²) in [6.07, 6.45) is 0. The summed E-state index contributed by atoms with van der Waals surface area (Å²) in [4.78, 5) is 13.5. The molecule has 0 heterocycles. The number of carbonyl (C=O) groups excluding carboxylic acids is 1. The Morgan fingerprint density at radius 1 is 1.35 bits per heavy atom. The highest BCUT2D eigenvalue weighted by Crippen LogP contribution is 2.07. The maximum Gasteiger partial charge on any atom is 0.253 e. The molecule has 0 spiro atoms. The molecule has 17 heavy (non-hydrogen) atoms. The summed E-state index contributed by atoms with van der Waals surface area (Å²) in [7, 11) is 1.76. The zero-order valence-electron chi connectivity index (χ0n) is 10.2. The van der Waals surface area contributed by atoms with Crippen molar-refractivity contribution in [1.82, 2.24) is 4.90 Å². The molecule has 0 atom stereocenters. The number of likely N-dealkylation sites (N-methyl/N-ethyl adjacent to an activating group) is 1. The number of carbonyl (C=O) groups is 1. The number of benzene rings is 1. The van der Waals surface area contributed by atoms with E-state index in [4.69, 9.17) is 10.5 Å². The highest BCUT2D eigenvalue weighted by molar-refractivity contribution is 5.94. The molecule has 1 aromatic rings. The molecule has 0 saturated carbocycles. The van der Waals surface area contributed by atoms with E-state index in [0.717, 1.165) is 0 Å². The first kappa shape index (κ1) is 15.7. The maximum atomic E-state index is 11.9. The molecular formula is C12H19ClN2O2. The van der Waals surface area contributed by atoms with E-state index < -0.39 is 0 Å². The van der Waals surface area contributed by atoms with E-state index in [1.165, 1.54) is 0 Å². The van der Waals surface area contributed by atoms with Gasteiger partial charge in [0.2, 0.25) is 0 Å². The lowest BCUT2D eigenvalue weighted by atomic mass is 10.2. The first-order chi connectivity index (χ1) is 7.65. The third kappa shape index (κ3) is 5.06. The molecule has 0 unspecified atom stereocenters. The molecule has 1 aromatic carbocycles. The van der Waals surface area contributed by atoms with Gasteiger partial charge in [-0.2, -0.15) is 0 Å². The number of nitrogens with zero attached hydrogens (tertiary/aromatic N) is 1. The molecular weight excluding hydrogens is 240 g/mol. The number of halogens is 1. The van der Waals surface area contributed by atoms with Gasteiger partial charge in [-0.25, -0.2) is 0 Å². The number of nitrogen functional groups attached to an aromatic ring is 1. The van der Waals surface area contributed by atoms with Gasteiger partial charge >= 0.3 is 0 Å². The van der Waals surface area contributed by atoms with Crippen LogP contribution in [0, 0.1) is 0 Å². The number of amides is 1. The monoisotopic (exact) mass is 258 g/mol. The molecule has 0 bridgehead atoms. The molecule has 0 saturated heterocycles. The molecule has 5 heteroatoms. The van der Waals surface area contributed by atoms with E-state index in [-0.39, 0.29) is 18.3 Å².